The molecular weight excluding hydrogens is 551 g/mol. The summed E-state index contributed by atoms with van der Waals surface area (Å²) in [6.07, 6.45) is 15.3. The molecule has 0 aromatic heterocycles. The molecule has 2 aromatic rings. The monoisotopic (exact) mass is 592 g/mol. The van der Waals surface area contributed by atoms with E-state index in [0.29, 0.717) is 5.92 Å². The number of hydrogen-bond acceptors (Lipinski definition) is 2. The van der Waals surface area contributed by atoms with Gasteiger partial charge in [0.2, 0.25) is 0 Å². The van der Waals surface area contributed by atoms with Crippen molar-refractivity contribution < 1.29 is 26.6 Å². The van der Waals surface area contributed by atoms with Crippen molar-refractivity contribution in [1.29, 1.82) is 0 Å². The van der Waals surface area contributed by atoms with Gasteiger partial charge >= 0.3 is 5.97 Å². The predicted octanol–water partition coefficient (Wildman–Crippen LogP) is 7.99. The first-order valence-corrected chi connectivity index (χ1v) is 14.7. The number of esters is 1. The molecule has 40 heavy (non-hydrogen) atoms. The van der Waals surface area contributed by atoms with Gasteiger partial charge in [0.05, 0.1) is 0 Å². The first-order chi connectivity index (χ1) is 18.4. The minimum atomic E-state index is -0.909. The SMILES string of the molecule is C=C(C(OC(=O)[C]1[CH][CH][CH][C]1P(c1ccccc1)c1ccccc1)C(=C)C(C)(C)C)C(C)(C)C.[CH]1[CH][CH][CH][CH]1.[Fe]. The molecule has 0 aliphatic heterocycles. The molecular formula is C36H41FeO2P. The molecule has 2 aliphatic carbocycles. The van der Waals surface area contributed by atoms with Gasteiger partial charge in [-0.1, -0.05) is 115 Å². The fourth-order valence-electron chi connectivity index (χ4n) is 3.99. The molecule has 10 radical (unpaired) electrons. The molecule has 2 aromatic carbocycles. The summed E-state index contributed by atoms with van der Waals surface area (Å²) in [6.45, 7) is 21.2. The Hall–Kier alpha value is -1.66. The molecule has 2 aliphatic rings. The van der Waals surface area contributed by atoms with E-state index in [0.717, 1.165) is 16.8 Å². The number of hydrogen-bond donors (Lipinski definition) is 0. The Kier molecular flexibility index (Phi) is 13.4. The first kappa shape index (κ1) is 34.5. The van der Waals surface area contributed by atoms with Gasteiger partial charge in [-0.3, -0.25) is 4.79 Å². The van der Waals surface area contributed by atoms with Gasteiger partial charge in [0.1, 0.15) is 12.0 Å². The van der Waals surface area contributed by atoms with Crippen molar-refractivity contribution in [1.82, 2.24) is 0 Å². The van der Waals surface area contributed by atoms with Crippen LogP contribution in [0.25, 0.3) is 0 Å². The molecule has 2 fully saturated rings. The third-order valence-corrected chi connectivity index (χ3v) is 9.12. The van der Waals surface area contributed by atoms with Gasteiger partial charge in [0, 0.05) is 22.7 Å². The van der Waals surface area contributed by atoms with E-state index in [2.05, 4.69) is 85.4 Å². The average Bonchev–Trinajstić information content (AvgIpc) is 3.63. The summed E-state index contributed by atoms with van der Waals surface area (Å²) in [6, 6.07) is 20.7. The van der Waals surface area contributed by atoms with Crippen molar-refractivity contribution in [2.45, 2.75) is 47.6 Å². The molecule has 210 valence electrons. The Morgan fingerprint density at radius 2 is 1.07 bits per heavy atom. The van der Waals surface area contributed by atoms with E-state index in [9.17, 15) is 4.79 Å². The van der Waals surface area contributed by atoms with E-state index in [1.165, 1.54) is 10.6 Å². The smallest absolute Gasteiger partial charge is 0.315 e. The van der Waals surface area contributed by atoms with Gasteiger partial charge < -0.3 is 4.74 Å². The van der Waals surface area contributed by atoms with Crippen molar-refractivity contribution in [3.05, 3.63) is 148 Å². The van der Waals surface area contributed by atoms with Crippen LogP contribution < -0.4 is 10.6 Å². The maximum atomic E-state index is 13.7. The van der Waals surface area contributed by atoms with Crippen molar-refractivity contribution in [2.75, 3.05) is 0 Å². The third kappa shape index (κ3) is 9.44. The number of rotatable bonds is 7. The Morgan fingerprint density at radius 1 is 0.675 bits per heavy atom. The van der Waals surface area contributed by atoms with Crippen LogP contribution in [0.2, 0.25) is 0 Å². The summed E-state index contributed by atoms with van der Waals surface area (Å²) in [5.41, 5.74) is 2.24. The summed E-state index contributed by atoms with van der Waals surface area (Å²) < 4.78 is 6.21. The molecule has 4 heteroatoms. The van der Waals surface area contributed by atoms with Crippen LogP contribution in [0.1, 0.15) is 41.5 Å². The summed E-state index contributed by atoms with van der Waals surface area (Å²) in [4.78, 5) is 13.7. The standard InChI is InChI=1S/C31H36O2P.C5H5.Fe/c1-22(30(3,4)5)28(23(2)31(6,7)8)33-29(32)26-20-15-21-27(26)34(24-16-11-9-12-17-24)25-18-13-10-14-19-25;1-2-4-5-3-1;/h9-21,28H,1-2H2,3-8H3;1-5H;. The summed E-state index contributed by atoms with van der Waals surface area (Å²) in [7, 11) is -0.909. The molecule has 2 saturated carbocycles. The number of carbonyl (C=O) groups is 1. The van der Waals surface area contributed by atoms with Crippen LogP contribution in [0, 0.1) is 73.8 Å². The third-order valence-electron chi connectivity index (χ3n) is 6.62. The zero-order valence-corrected chi connectivity index (χ0v) is 26.5. The Bertz CT molecular complexity index is 1000. The van der Waals surface area contributed by atoms with Gasteiger partial charge in [0.25, 0.3) is 0 Å². The molecule has 0 atom stereocenters. The van der Waals surface area contributed by atoms with Crippen LogP contribution in [0.15, 0.2) is 85.0 Å². The Balaban J connectivity index is 0.000000840. The van der Waals surface area contributed by atoms with Gasteiger partial charge in [-0.05, 0) is 91.9 Å². The molecule has 0 bridgehead atoms. The molecule has 0 saturated heterocycles. The minimum absolute atomic E-state index is 0. The van der Waals surface area contributed by atoms with Gasteiger partial charge in [0.15, 0.2) is 0 Å². The quantitative estimate of drug-likeness (QED) is 0.141. The maximum Gasteiger partial charge on any atom is 0.315 e. The largest absolute Gasteiger partial charge is 0.453 e. The van der Waals surface area contributed by atoms with Gasteiger partial charge in [-0.25, -0.2) is 0 Å². The van der Waals surface area contributed by atoms with Crippen LogP contribution in [0.4, 0.5) is 0 Å². The van der Waals surface area contributed by atoms with Crippen LogP contribution in [-0.2, 0) is 26.6 Å². The van der Waals surface area contributed by atoms with Crippen molar-refractivity contribution in [3.8, 4) is 0 Å². The number of ether oxygens (including phenoxy) is 1. The van der Waals surface area contributed by atoms with Gasteiger partial charge in [-0.15, -0.1) is 0 Å². The van der Waals surface area contributed by atoms with Crippen LogP contribution in [0.5, 0.6) is 0 Å². The van der Waals surface area contributed by atoms with Crippen molar-refractivity contribution in [3.63, 3.8) is 0 Å². The molecule has 0 heterocycles. The minimum Gasteiger partial charge on any atom is -0.453 e. The van der Waals surface area contributed by atoms with E-state index >= 15 is 0 Å². The number of carbonyl (C=O) groups excluding carboxylic acids is 1. The Labute approximate surface area is 256 Å². The normalized spacial score (nSPS) is 16.3. The topological polar surface area (TPSA) is 26.3 Å². The van der Waals surface area contributed by atoms with E-state index < -0.39 is 14.0 Å². The average molecular weight is 593 g/mol. The van der Waals surface area contributed by atoms with Crippen LogP contribution in [-0.4, -0.2) is 12.1 Å². The van der Waals surface area contributed by atoms with Crippen LogP contribution in [0.3, 0.4) is 0 Å². The first-order valence-electron chi connectivity index (χ1n) is 13.3. The zero-order chi connectivity index (χ0) is 28.6. The second kappa shape index (κ2) is 15.5. The summed E-state index contributed by atoms with van der Waals surface area (Å²) in [5.74, 6) is 0.271. The summed E-state index contributed by atoms with van der Waals surface area (Å²) >= 11 is 0. The fraction of sp³-hybridized carbons (Fsp3) is 0.250. The molecule has 4 rings (SSSR count). The molecule has 0 unspecified atom stereocenters. The van der Waals surface area contributed by atoms with E-state index in [4.69, 9.17) is 4.74 Å². The van der Waals surface area contributed by atoms with E-state index in [-0.39, 0.29) is 33.9 Å². The molecule has 0 amide bonds. The second-order valence-electron chi connectivity index (χ2n) is 11.6. The van der Waals surface area contributed by atoms with E-state index in [1.54, 1.807) is 0 Å². The molecule has 0 spiro atoms. The van der Waals surface area contributed by atoms with Crippen molar-refractivity contribution in [2.24, 2.45) is 10.8 Å². The molecule has 0 N–H and O–H groups in total. The zero-order valence-electron chi connectivity index (χ0n) is 24.5. The number of benzene rings is 2. The molecule has 2 nitrogen and oxygen atoms in total. The van der Waals surface area contributed by atoms with Gasteiger partial charge in [-0.2, -0.15) is 0 Å². The second-order valence-corrected chi connectivity index (χ2v) is 13.8. The summed E-state index contributed by atoms with van der Waals surface area (Å²) in [5, 5.41) is 2.39. The maximum absolute atomic E-state index is 13.7. The van der Waals surface area contributed by atoms with Crippen molar-refractivity contribution >= 4 is 24.5 Å². The predicted molar refractivity (Wildman–Crippen MR) is 167 cm³/mol. The fourth-order valence-corrected chi connectivity index (χ4v) is 6.43. The van der Waals surface area contributed by atoms with E-state index in [1.807, 2.05) is 81.3 Å². The van der Waals surface area contributed by atoms with Crippen LogP contribution >= 0.6 is 7.92 Å². The Morgan fingerprint density at radius 3 is 1.45 bits per heavy atom.